The van der Waals surface area contributed by atoms with Gasteiger partial charge in [0.05, 0.1) is 4.88 Å². The Morgan fingerprint density at radius 2 is 1.93 bits per heavy atom. The number of ether oxygens (including phenoxy) is 1. The summed E-state index contributed by atoms with van der Waals surface area (Å²) in [7, 11) is 0. The van der Waals surface area contributed by atoms with Gasteiger partial charge in [0, 0.05) is 17.8 Å². The number of thiazole rings is 1. The van der Waals surface area contributed by atoms with Gasteiger partial charge >= 0.3 is 5.97 Å². The molecule has 7 heteroatoms. The molecular formula is C21H22N2O3S2. The molecule has 0 aliphatic rings. The van der Waals surface area contributed by atoms with Crippen LogP contribution in [0.15, 0.2) is 53.2 Å². The Balaban J connectivity index is 1.53. The quantitative estimate of drug-likeness (QED) is 0.541. The zero-order chi connectivity index (χ0) is 19.9. The molecule has 0 radical (unpaired) electrons. The highest BCUT2D eigenvalue weighted by Crippen LogP contribution is 2.28. The first-order chi connectivity index (χ1) is 13.6. The van der Waals surface area contributed by atoms with Crippen molar-refractivity contribution < 1.29 is 14.3 Å². The maximum Gasteiger partial charge on any atom is 0.358 e. The van der Waals surface area contributed by atoms with Crippen LogP contribution < -0.4 is 5.32 Å². The average molecular weight is 415 g/mol. The van der Waals surface area contributed by atoms with Crippen LogP contribution in [0.2, 0.25) is 0 Å². The minimum absolute atomic E-state index is 0.222. The van der Waals surface area contributed by atoms with Crippen molar-refractivity contribution in [1.29, 1.82) is 0 Å². The van der Waals surface area contributed by atoms with E-state index in [-0.39, 0.29) is 17.5 Å². The summed E-state index contributed by atoms with van der Waals surface area (Å²) in [6.45, 7) is 4.16. The maximum atomic E-state index is 12.3. The molecule has 1 amide bonds. The lowest BCUT2D eigenvalue weighted by Gasteiger charge is -2.18. The third kappa shape index (κ3) is 5.05. The van der Waals surface area contributed by atoms with Crippen LogP contribution in [0.3, 0.4) is 0 Å². The third-order valence-electron chi connectivity index (χ3n) is 4.38. The number of aromatic nitrogens is 1. The minimum Gasteiger partial charge on any atom is -0.448 e. The number of carbonyl (C=O) groups excluding carboxylic acids is 2. The molecule has 146 valence electrons. The molecule has 0 aliphatic carbocycles. The fraction of sp³-hybridized carbons (Fsp3) is 0.286. The lowest BCUT2D eigenvalue weighted by Crippen LogP contribution is -2.38. The van der Waals surface area contributed by atoms with Crippen LogP contribution in [-0.4, -0.2) is 29.5 Å². The largest absolute Gasteiger partial charge is 0.448 e. The molecule has 0 fully saturated rings. The molecule has 0 unspecified atom stereocenters. The summed E-state index contributed by atoms with van der Waals surface area (Å²) in [4.78, 5) is 30.0. The topological polar surface area (TPSA) is 68.3 Å². The molecule has 3 rings (SSSR count). The van der Waals surface area contributed by atoms with Crippen molar-refractivity contribution in [3.8, 4) is 9.88 Å². The van der Waals surface area contributed by atoms with E-state index in [9.17, 15) is 9.59 Å². The van der Waals surface area contributed by atoms with E-state index >= 15 is 0 Å². The SMILES string of the molecule is CC[C@@H](CNC(=O)[C@@H](C)OC(=O)c1csc(-c2cccs2)n1)c1ccccc1. The summed E-state index contributed by atoms with van der Waals surface area (Å²) in [5.41, 5.74) is 1.40. The van der Waals surface area contributed by atoms with Gasteiger partial charge in [-0.1, -0.05) is 43.3 Å². The molecule has 1 N–H and O–H groups in total. The molecule has 0 bridgehead atoms. The Morgan fingerprint density at radius 3 is 2.61 bits per heavy atom. The number of nitrogens with one attached hydrogen (secondary N) is 1. The zero-order valence-electron chi connectivity index (χ0n) is 15.8. The van der Waals surface area contributed by atoms with Crippen molar-refractivity contribution >= 4 is 34.6 Å². The van der Waals surface area contributed by atoms with Gasteiger partial charge < -0.3 is 10.1 Å². The van der Waals surface area contributed by atoms with E-state index in [0.29, 0.717) is 6.54 Å². The predicted octanol–water partition coefficient (Wildman–Crippen LogP) is 4.73. The summed E-state index contributed by atoms with van der Waals surface area (Å²) >= 11 is 2.94. The molecule has 1 aromatic carbocycles. The lowest BCUT2D eigenvalue weighted by atomic mass is 9.96. The number of amides is 1. The molecule has 2 aromatic heterocycles. The second-order valence-electron chi connectivity index (χ2n) is 6.32. The number of rotatable bonds is 8. The Morgan fingerprint density at radius 1 is 1.14 bits per heavy atom. The molecule has 0 aliphatic heterocycles. The standard InChI is InChI=1S/C21H22N2O3S2/c1-3-15(16-8-5-4-6-9-16)12-22-19(24)14(2)26-21(25)17-13-28-20(23-17)18-10-7-11-27-18/h4-11,13-15H,3,12H2,1-2H3,(H,22,24)/t14-,15+/m1/s1. The fourth-order valence-electron chi connectivity index (χ4n) is 2.75. The number of thiophene rings is 1. The summed E-state index contributed by atoms with van der Waals surface area (Å²) in [5.74, 6) is -0.673. The molecule has 0 saturated carbocycles. The highest BCUT2D eigenvalue weighted by atomic mass is 32.1. The smallest absolute Gasteiger partial charge is 0.358 e. The highest BCUT2D eigenvalue weighted by molar-refractivity contribution is 7.20. The van der Waals surface area contributed by atoms with Gasteiger partial charge in [0.25, 0.3) is 5.91 Å². The monoisotopic (exact) mass is 414 g/mol. The van der Waals surface area contributed by atoms with Crippen LogP contribution in [0.4, 0.5) is 0 Å². The Hall–Kier alpha value is -2.51. The number of hydrogen-bond acceptors (Lipinski definition) is 6. The highest BCUT2D eigenvalue weighted by Gasteiger charge is 2.22. The van der Waals surface area contributed by atoms with E-state index in [1.807, 2.05) is 35.7 Å². The molecule has 2 atom stereocenters. The Labute approximate surface area is 172 Å². The fourth-order valence-corrected chi connectivity index (χ4v) is 4.35. The molecular weight excluding hydrogens is 392 g/mol. The van der Waals surface area contributed by atoms with Crippen molar-refractivity contribution in [3.63, 3.8) is 0 Å². The van der Waals surface area contributed by atoms with E-state index < -0.39 is 12.1 Å². The van der Waals surface area contributed by atoms with Crippen molar-refractivity contribution in [2.24, 2.45) is 0 Å². The molecule has 5 nitrogen and oxygen atoms in total. The van der Waals surface area contributed by atoms with Crippen LogP contribution in [0, 0.1) is 0 Å². The van der Waals surface area contributed by atoms with Crippen molar-refractivity contribution in [1.82, 2.24) is 10.3 Å². The van der Waals surface area contributed by atoms with Gasteiger partial charge in [-0.15, -0.1) is 22.7 Å². The van der Waals surface area contributed by atoms with Crippen molar-refractivity contribution in [2.45, 2.75) is 32.3 Å². The second kappa shape index (κ2) is 9.61. The number of carbonyl (C=O) groups is 2. The molecule has 0 spiro atoms. The van der Waals surface area contributed by atoms with E-state index in [0.717, 1.165) is 16.3 Å². The molecule has 0 saturated heterocycles. The summed E-state index contributed by atoms with van der Waals surface area (Å²) in [5, 5.41) is 7.27. The number of benzene rings is 1. The van der Waals surface area contributed by atoms with E-state index in [4.69, 9.17) is 4.74 Å². The van der Waals surface area contributed by atoms with Crippen LogP contribution >= 0.6 is 22.7 Å². The maximum absolute atomic E-state index is 12.3. The van der Waals surface area contributed by atoms with E-state index in [2.05, 4.69) is 29.4 Å². The van der Waals surface area contributed by atoms with Crippen LogP contribution in [0.5, 0.6) is 0 Å². The second-order valence-corrected chi connectivity index (χ2v) is 8.13. The summed E-state index contributed by atoms with van der Waals surface area (Å²) in [6.07, 6.45) is 0.0237. The van der Waals surface area contributed by atoms with Crippen LogP contribution in [0.1, 0.15) is 42.2 Å². The summed E-state index contributed by atoms with van der Waals surface area (Å²) < 4.78 is 5.30. The van der Waals surface area contributed by atoms with Gasteiger partial charge in [-0.3, -0.25) is 4.79 Å². The lowest BCUT2D eigenvalue weighted by molar-refractivity contribution is -0.129. The van der Waals surface area contributed by atoms with Gasteiger partial charge in [-0.05, 0) is 30.4 Å². The molecule has 2 heterocycles. The number of nitrogens with zero attached hydrogens (tertiary/aromatic N) is 1. The van der Waals surface area contributed by atoms with E-state index in [1.54, 1.807) is 23.6 Å². The normalized spacial score (nSPS) is 12.9. The van der Waals surface area contributed by atoms with Crippen LogP contribution in [0.25, 0.3) is 9.88 Å². The van der Waals surface area contributed by atoms with Gasteiger partial charge in [0.1, 0.15) is 5.01 Å². The number of esters is 1. The van der Waals surface area contributed by atoms with Crippen molar-refractivity contribution in [2.75, 3.05) is 6.54 Å². The average Bonchev–Trinajstić information content (AvgIpc) is 3.40. The zero-order valence-corrected chi connectivity index (χ0v) is 17.4. The first-order valence-corrected chi connectivity index (χ1v) is 10.9. The molecule has 28 heavy (non-hydrogen) atoms. The minimum atomic E-state index is -0.882. The van der Waals surface area contributed by atoms with Crippen molar-refractivity contribution in [3.05, 3.63) is 64.5 Å². The summed E-state index contributed by atoms with van der Waals surface area (Å²) in [6, 6.07) is 13.9. The Bertz CT molecular complexity index is 907. The Kier molecular flexibility index (Phi) is 6.95. The van der Waals surface area contributed by atoms with Gasteiger partial charge in [0.15, 0.2) is 11.8 Å². The van der Waals surface area contributed by atoms with Gasteiger partial charge in [-0.25, -0.2) is 9.78 Å². The van der Waals surface area contributed by atoms with Crippen LogP contribution in [-0.2, 0) is 9.53 Å². The molecule has 3 aromatic rings. The number of hydrogen-bond donors (Lipinski definition) is 1. The van der Waals surface area contributed by atoms with Gasteiger partial charge in [-0.2, -0.15) is 0 Å². The first-order valence-electron chi connectivity index (χ1n) is 9.11. The predicted molar refractivity (Wildman–Crippen MR) is 113 cm³/mol. The van der Waals surface area contributed by atoms with Gasteiger partial charge in [0.2, 0.25) is 0 Å². The van der Waals surface area contributed by atoms with E-state index in [1.165, 1.54) is 16.9 Å². The third-order valence-corrected chi connectivity index (χ3v) is 6.27. The first kappa shape index (κ1) is 20.2.